The predicted octanol–water partition coefficient (Wildman–Crippen LogP) is 2.07. The molecular formula is C10H9N3O. The van der Waals surface area contributed by atoms with Gasteiger partial charge in [-0.05, 0) is 18.2 Å². The number of oxazole rings is 1. The third kappa shape index (κ3) is 1.52. The highest BCUT2D eigenvalue weighted by molar-refractivity contribution is 5.77. The second-order valence-electron chi connectivity index (χ2n) is 2.93. The highest BCUT2D eigenvalue weighted by atomic mass is 16.3. The van der Waals surface area contributed by atoms with Crippen LogP contribution in [0.15, 0.2) is 22.6 Å². The SMILES string of the molecule is Cc1nc2cc(NCC#N)ccc2o1. The van der Waals surface area contributed by atoms with Crippen LogP contribution in [0, 0.1) is 18.3 Å². The van der Waals surface area contributed by atoms with Crippen LogP contribution in [0.5, 0.6) is 0 Å². The topological polar surface area (TPSA) is 61.9 Å². The number of nitrogens with zero attached hydrogens (tertiary/aromatic N) is 2. The van der Waals surface area contributed by atoms with Crippen LogP contribution in [-0.4, -0.2) is 11.5 Å². The van der Waals surface area contributed by atoms with E-state index in [1.165, 1.54) is 0 Å². The first-order chi connectivity index (χ1) is 6.79. The lowest BCUT2D eigenvalue weighted by molar-refractivity contribution is 0.561. The van der Waals surface area contributed by atoms with Crippen LogP contribution in [0.2, 0.25) is 0 Å². The molecule has 14 heavy (non-hydrogen) atoms. The van der Waals surface area contributed by atoms with Gasteiger partial charge in [-0.15, -0.1) is 0 Å². The van der Waals surface area contributed by atoms with Gasteiger partial charge in [0, 0.05) is 12.6 Å². The molecule has 70 valence electrons. The number of hydrogen-bond donors (Lipinski definition) is 1. The molecule has 0 saturated heterocycles. The zero-order valence-corrected chi connectivity index (χ0v) is 7.74. The van der Waals surface area contributed by atoms with Gasteiger partial charge in [0.2, 0.25) is 0 Å². The Morgan fingerprint density at radius 1 is 1.57 bits per heavy atom. The first-order valence-electron chi connectivity index (χ1n) is 4.27. The molecule has 2 rings (SSSR count). The van der Waals surface area contributed by atoms with Crippen LogP contribution in [0.3, 0.4) is 0 Å². The maximum Gasteiger partial charge on any atom is 0.192 e. The zero-order valence-electron chi connectivity index (χ0n) is 7.74. The van der Waals surface area contributed by atoms with Crippen LogP contribution < -0.4 is 5.32 Å². The molecule has 0 fully saturated rings. The minimum Gasteiger partial charge on any atom is -0.441 e. The first kappa shape index (κ1) is 8.57. The molecule has 0 unspecified atom stereocenters. The maximum absolute atomic E-state index is 8.40. The first-order valence-corrected chi connectivity index (χ1v) is 4.27. The number of hydrogen-bond acceptors (Lipinski definition) is 4. The molecule has 0 aliphatic carbocycles. The van der Waals surface area contributed by atoms with E-state index in [1.807, 2.05) is 31.2 Å². The molecule has 0 amide bonds. The standard InChI is InChI=1S/C10H9N3O/c1-7-13-9-6-8(12-5-4-11)2-3-10(9)14-7/h2-3,6,12H,5H2,1H3. The normalized spacial score (nSPS) is 10.0. The number of anilines is 1. The lowest BCUT2D eigenvalue weighted by Crippen LogP contribution is -1.97. The second-order valence-corrected chi connectivity index (χ2v) is 2.93. The van der Waals surface area contributed by atoms with E-state index < -0.39 is 0 Å². The average Bonchev–Trinajstić information content (AvgIpc) is 2.54. The van der Waals surface area contributed by atoms with E-state index in [2.05, 4.69) is 10.3 Å². The van der Waals surface area contributed by atoms with Crippen LogP contribution in [0.4, 0.5) is 5.69 Å². The molecule has 2 aromatic rings. The fraction of sp³-hybridized carbons (Fsp3) is 0.200. The minimum atomic E-state index is 0.294. The van der Waals surface area contributed by atoms with Gasteiger partial charge in [0.1, 0.15) is 12.1 Å². The third-order valence-corrected chi connectivity index (χ3v) is 1.87. The Morgan fingerprint density at radius 3 is 3.21 bits per heavy atom. The van der Waals surface area contributed by atoms with E-state index in [1.54, 1.807) is 0 Å². The van der Waals surface area contributed by atoms with E-state index in [-0.39, 0.29) is 0 Å². The van der Waals surface area contributed by atoms with E-state index >= 15 is 0 Å². The fourth-order valence-electron chi connectivity index (χ4n) is 1.29. The van der Waals surface area contributed by atoms with Gasteiger partial charge >= 0.3 is 0 Å². The number of rotatable bonds is 2. The summed E-state index contributed by atoms with van der Waals surface area (Å²) in [4.78, 5) is 4.19. The van der Waals surface area contributed by atoms with Crippen LogP contribution in [0.25, 0.3) is 11.1 Å². The molecule has 1 aromatic heterocycles. The highest BCUT2D eigenvalue weighted by Gasteiger charge is 2.01. The van der Waals surface area contributed by atoms with Crippen molar-refractivity contribution in [3.63, 3.8) is 0 Å². The minimum absolute atomic E-state index is 0.294. The molecule has 1 N–H and O–H groups in total. The van der Waals surface area contributed by atoms with Crippen molar-refractivity contribution in [2.45, 2.75) is 6.92 Å². The van der Waals surface area contributed by atoms with Crippen molar-refractivity contribution in [3.05, 3.63) is 24.1 Å². The monoisotopic (exact) mass is 187 g/mol. The molecule has 0 radical (unpaired) electrons. The van der Waals surface area contributed by atoms with Gasteiger partial charge in [0.15, 0.2) is 11.5 Å². The fourth-order valence-corrected chi connectivity index (χ4v) is 1.29. The number of nitriles is 1. The van der Waals surface area contributed by atoms with E-state index in [0.29, 0.717) is 12.4 Å². The van der Waals surface area contributed by atoms with Crippen molar-refractivity contribution in [3.8, 4) is 6.07 Å². The van der Waals surface area contributed by atoms with Gasteiger partial charge < -0.3 is 9.73 Å². The van der Waals surface area contributed by atoms with Crippen molar-refractivity contribution in [2.75, 3.05) is 11.9 Å². The van der Waals surface area contributed by atoms with Gasteiger partial charge in [0.05, 0.1) is 6.07 Å². The molecule has 0 bridgehead atoms. The lowest BCUT2D eigenvalue weighted by Gasteiger charge is -1.99. The Kier molecular flexibility index (Phi) is 2.07. The molecule has 0 spiro atoms. The molecule has 1 aromatic carbocycles. The van der Waals surface area contributed by atoms with Crippen molar-refractivity contribution in [2.24, 2.45) is 0 Å². The summed E-state index contributed by atoms with van der Waals surface area (Å²) in [5, 5.41) is 11.4. The van der Waals surface area contributed by atoms with Crippen LogP contribution in [0.1, 0.15) is 5.89 Å². The molecule has 4 heteroatoms. The van der Waals surface area contributed by atoms with Crippen molar-refractivity contribution >= 4 is 16.8 Å². The summed E-state index contributed by atoms with van der Waals surface area (Å²) in [6, 6.07) is 7.59. The maximum atomic E-state index is 8.40. The lowest BCUT2D eigenvalue weighted by atomic mass is 10.3. The summed E-state index contributed by atoms with van der Waals surface area (Å²) >= 11 is 0. The van der Waals surface area contributed by atoms with Gasteiger partial charge in [0.25, 0.3) is 0 Å². The summed E-state index contributed by atoms with van der Waals surface area (Å²) < 4.78 is 5.32. The van der Waals surface area contributed by atoms with Crippen LogP contribution in [-0.2, 0) is 0 Å². The third-order valence-electron chi connectivity index (χ3n) is 1.87. The summed E-state index contributed by atoms with van der Waals surface area (Å²) in [6.07, 6.45) is 0. The summed E-state index contributed by atoms with van der Waals surface area (Å²) in [5.74, 6) is 0.650. The molecule has 0 atom stereocenters. The largest absolute Gasteiger partial charge is 0.441 e. The number of fused-ring (bicyclic) bond motifs is 1. The van der Waals surface area contributed by atoms with Crippen LogP contribution >= 0.6 is 0 Å². The number of aryl methyl sites for hydroxylation is 1. The van der Waals surface area contributed by atoms with Gasteiger partial charge in [-0.3, -0.25) is 0 Å². The Balaban J connectivity index is 2.36. The molecule has 0 saturated carbocycles. The van der Waals surface area contributed by atoms with Crippen molar-refractivity contribution in [1.82, 2.24) is 4.98 Å². The van der Waals surface area contributed by atoms with E-state index in [9.17, 15) is 0 Å². The molecule has 0 aliphatic heterocycles. The van der Waals surface area contributed by atoms with Gasteiger partial charge in [-0.1, -0.05) is 0 Å². The highest BCUT2D eigenvalue weighted by Crippen LogP contribution is 2.19. The Morgan fingerprint density at radius 2 is 2.43 bits per heavy atom. The molecule has 4 nitrogen and oxygen atoms in total. The van der Waals surface area contributed by atoms with Gasteiger partial charge in [-0.25, -0.2) is 4.98 Å². The van der Waals surface area contributed by atoms with E-state index in [4.69, 9.17) is 9.68 Å². The van der Waals surface area contributed by atoms with E-state index in [0.717, 1.165) is 16.8 Å². The molecule has 0 aliphatic rings. The van der Waals surface area contributed by atoms with Crippen molar-refractivity contribution < 1.29 is 4.42 Å². The number of nitrogens with one attached hydrogen (secondary N) is 1. The Labute approximate surface area is 81.2 Å². The smallest absolute Gasteiger partial charge is 0.192 e. The predicted molar refractivity (Wildman–Crippen MR) is 52.8 cm³/mol. The number of aromatic nitrogens is 1. The average molecular weight is 187 g/mol. The Bertz CT molecular complexity index is 496. The summed E-state index contributed by atoms with van der Waals surface area (Å²) in [5.41, 5.74) is 2.46. The quantitative estimate of drug-likeness (QED) is 0.731. The molecular weight excluding hydrogens is 178 g/mol. The number of benzene rings is 1. The summed E-state index contributed by atoms with van der Waals surface area (Å²) in [6.45, 7) is 2.10. The van der Waals surface area contributed by atoms with Crippen molar-refractivity contribution in [1.29, 1.82) is 5.26 Å². The summed E-state index contributed by atoms with van der Waals surface area (Å²) in [7, 11) is 0. The van der Waals surface area contributed by atoms with Gasteiger partial charge in [-0.2, -0.15) is 5.26 Å². The molecule has 1 heterocycles. The second kappa shape index (κ2) is 3.38. The zero-order chi connectivity index (χ0) is 9.97. The Hall–Kier alpha value is -2.02.